The van der Waals surface area contributed by atoms with Gasteiger partial charge in [0, 0.05) is 5.56 Å². The third kappa shape index (κ3) is 3.41. The van der Waals surface area contributed by atoms with Crippen LogP contribution in [0.1, 0.15) is 29.3 Å². The first-order valence-corrected chi connectivity index (χ1v) is 8.22. The maximum atomic E-state index is 12.4. The van der Waals surface area contributed by atoms with Crippen molar-refractivity contribution >= 4 is 5.97 Å². The highest BCUT2D eigenvalue weighted by atomic mass is 16.7. The molecular weight excluding hydrogens is 352 g/mol. The summed E-state index contributed by atoms with van der Waals surface area (Å²) in [5.41, 5.74) is 1.09. The van der Waals surface area contributed by atoms with Gasteiger partial charge < -0.3 is 23.4 Å². The van der Waals surface area contributed by atoms with Crippen LogP contribution in [0.4, 0.5) is 0 Å². The Morgan fingerprint density at radius 1 is 1.07 bits per heavy atom. The topological polar surface area (TPSA) is 92.9 Å². The van der Waals surface area contributed by atoms with E-state index < -0.39 is 12.1 Å². The molecule has 1 atom stereocenters. The van der Waals surface area contributed by atoms with Gasteiger partial charge in [-0.05, 0) is 49.4 Å². The molecule has 0 radical (unpaired) electrons. The molecule has 1 aromatic heterocycles. The van der Waals surface area contributed by atoms with E-state index in [1.165, 1.54) is 0 Å². The molecule has 0 N–H and O–H groups in total. The van der Waals surface area contributed by atoms with Crippen LogP contribution in [-0.2, 0) is 4.74 Å². The Balaban J connectivity index is 1.46. The Bertz CT molecular complexity index is 967. The van der Waals surface area contributed by atoms with E-state index in [0.717, 1.165) is 11.3 Å². The average molecular weight is 368 g/mol. The van der Waals surface area contributed by atoms with Crippen molar-refractivity contribution < 1.29 is 28.2 Å². The molecule has 2 aromatic carbocycles. The Kier molecular flexibility index (Phi) is 4.37. The second-order valence-corrected chi connectivity index (χ2v) is 5.79. The van der Waals surface area contributed by atoms with E-state index in [9.17, 15) is 4.79 Å². The lowest BCUT2D eigenvalue weighted by molar-refractivity contribution is 0.0279. The van der Waals surface area contributed by atoms with Gasteiger partial charge in [0.2, 0.25) is 12.7 Å². The van der Waals surface area contributed by atoms with Crippen LogP contribution in [0.5, 0.6) is 17.2 Å². The van der Waals surface area contributed by atoms with Crippen molar-refractivity contribution in [1.82, 2.24) is 10.2 Å². The summed E-state index contributed by atoms with van der Waals surface area (Å²) in [5.74, 6) is 1.85. The van der Waals surface area contributed by atoms with Crippen LogP contribution in [0.25, 0.3) is 11.5 Å². The summed E-state index contributed by atoms with van der Waals surface area (Å²) in [6.45, 7) is 1.80. The van der Waals surface area contributed by atoms with Crippen molar-refractivity contribution in [2.75, 3.05) is 13.9 Å². The number of aromatic nitrogens is 2. The predicted octanol–water partition coefficient (Wildman–Crippen LogP) is 3.39. The number of ether oxygens (including phenoxy) is 4. The molecule has 0 fully saturated rings. The molecule has 27 heavy (non-hydrogen) atoms. The maximum absolute atomic E-state index is 12.4. The number of fused-ring (bicyclic) bond motifs is 1. The van der Waals surface area contributed by atoms with Crippen molar-refractivity contribution in [3.63, 3.8) is 0 Å². The van der Waals surface area contributed by atoms with Crippen LogP contribution in [0.2, 0.25) is 0 Å². The van der Waals surface area contributed by atoms with Crippen LogP contribution < -0.4 is 14.2 Å². The van der Waals surface area contributed by atoms with Gasteiger partial charge in [0.1, 0.15) is 5.75 Å². The first-order chi connectivity index (χ1) is 13.1. The second kappa shape index (κ2) is 6.99. The molecule has 3 aromatic rings. The molecule has 2 heterocycles. The second-order valence-electron chi connectivity index (χ2n) is 5.79. The minimum atomic E-state index is -0.706. The minimum absolute atomic E-state index is 0.139. The summed E-state index contributed by atoms with van der Waals surface area (Å²) >= 11 is 0. The summed E-state index contributed by atoms with van der Waals surface area (Å²) in [7, 11) is 1.59. The molecule has 0 saturated heterocycles. The number of methoxy groups -OCH3 is 1. The van der Waals surface area contributed by atoms with E-state index in [-0.39, 0.29) is 12.7 Å². The fraction of sp³-hybridized carbons (Fsp3) is 0.211. The molecule has 0 unspecified atom stereocenters. The monoisotopic (exact) mass is 368 g/mol. The lowest BCUT2D eigenvalue weighted by Crippen LogP contribution is -2.09. The molecule has 138 valence electrons. The van der Waals surface area contributed by atoms with Crippen molar-refractivity contribution in [1.29, 1.82) is 0 Å². The fourth-order valence-electron chi connectivity index (χ4n) is 2.55. The summed E-state index contributed by atoms with van der Waals surface area (Å²) < 4.78 is 26.7. The van der Waals surface area contributed by atoms with Gasteiger partial charge in [-0.1, -0.05) is 0 Å². The molecule has 0 bridgehead atoms. The van der Waals surface area contributed by atoms with Crippen molar-refractivity contribution in [2.24, 2.45) is 0 Å². The van der Waals surface area contributed by atoms with E-state index >= 15 is 0 Å². The van der Waals surface area contributed by atoms with Crippen LogP contribution in [-0.4, -0.2) is 30.1 Å². The van der Waals surface area contributed by atoms with Gasteiger partial charge in [-0.3, -0.25) is 0 Å². The van der Waals surface area contributed by atoms with E-state index in [2.05, 4.69) is 10.2 Å². The highest BCUT2D eigenvalue weighted by molar-refractivity contribution is 5.90. The van der Waals surface area contributed by atoms with E-state index in [4.69, 9.17) is 23.4 Å². The van der Waals surface area contributed by atoms with Gasteiger partial charge in [0.05, 0.1) is 12.7 Å². The quantitative estimate of drug-likeness (QED) is 0.633. The molecule has 4 rings (SSSR count). The zero-order valence-corrected chi connectivity index (χ0v) is 14.7. The molecule has 0 saturated carbocycles. The van der Waals surface area contributed by atoms with Gasteiger partial charge in [0.25, 0.3) is 5.89 Å². The van der Waals surface area contributed by atoms with Crippen molar-refractivity contribution in [3.05, 3.63) is 53.9 Å². The standard InChI is InChI=1S/C19H16N2O6/c1-11(26-19(22)13-5-8-15-16(9-13)25-10-24-15)17-20-21-18(27-17)12-3-6-14(23-2)7-4-12/h3-9,11H,10H2,1-2H3/t11-/m0/s1. The number of hydrogen-bond donors (Lipinski definition) is 0. The molecule has 8 heteroatoms. The number of rotatable bonds is 5. The fourth-order valence-corrected chi connectivity index (χ4v) is 2.55. The smallest absolute Gasteiger partial charge is 0.339 e. The van der Waals surface area contributed by atoms with E-state index in [1.807, 2.05) is 0 Å². The number of benzene rings is 2. The van der Waals surface area contributed by atoms with Crippen LogP contribution in [0, 0.1) is 0 Å². The van der Waals surface area contributed by atoms with Crippen LogP contribution >= 0.6 is 0 Å². The molecule has 8 nitrogen and oxygen atoms in total. The van der Waals surface area contributed by atoms with Gasteiger partial charge in [-0.25, -0.2) is 4.79 Å². The SMILES string of the molecule is COc1ccc(-c2nnc([C@H](C)OC(=O)c3ccc4c(c3)OCO4)o2)cc1. The Morgan fingerprint density at radius 2 is 1.85 bits per heavy atom. The average Bonchev–Trinajstić information content (AvgIpc) is 3.37. The maximum Gasteiger partial charge on any atom is 0.339 e. The molecule has 1 aliphatic heterocycles. The van der Waals surface area contributed by atoms with Gasteiger partial charge in [0.15, 0.2) is 17.6 Å². The van der Waals surface area contributed by atoms with Crippen LogP contribution in [0.15, 0.2) is 46.9 Å². The zero-order valence-electron chi connectivity index (χ0n) is 14.7. The number of carbonyl (C=O) groups excluding carboxylic acids is 1. The minimum Gasteiger partial charge on any atom is -0.497 e. The molecular formula is C19H16N2O6. The van der Waals surface area contributed by atoms with Crippen molar-refractivity contribution in [2.45, 2.75) is 13.0 Å². The van der Waals surface area contributed by atoms with E-state index in [0.29, 0.717) is 23.0 Å². The number of esters is 1. The number of hydrogen-bond acceptors (Lipinski definition) is 8. The Morgan fingerprint density at radius 3 is 2.63 bits per heavy atom. The van der Waals surface area contributed by atoms with Gasteiger partial charge in [-0.15, -0.1) is 10.2 Å². The summed E-state index contributed by atoms with van der Waals surface area (Å²) in [6, 6.07) is 12.1. The predicted molar refractivity (Wildman–Crippen MR) is 92.7 cm³/mol. The number of nitrogens with zero attached hydrogens (tertiary/aromatic N) is 2. The highest BCUT2D eigenvalue weighted by Gasteiger charge is 2.22. The summed E-state index contributed by atoms with van der Waals surface area (Å²) in [6.07, 6.45) is -0.706. The largest absolute Gasteiger partial charge is 0.497 e. The lowest BCUT2D eigenvalue weighted by atomic mass is 10.2. The zero-order chi connectivity index (χ0) is 18.8. The number of carbonyl (C=O) groups is 1. The van der Waals surface area contributed by atoms with Crippen LogP contribution in [0.3, 0.4) is 0 Å². The summed E-state index contributed by atoms with van der Waals surface area (Å²) in [4.78, 5) is 12.4. The first kappa shape index (κ1) is 16.9. The molecule has 0 spiro atoms. The molecule has 1 aliphatic rings. The normalized spacial score (nSPS) is 13.3. The third-order valence-corrected chi connectivity index (χ3v) is 4.02. The van der Waals surface area contributed by atoms with Gasteiger partial charge >= 0.3 is 5.97 Å². The lowest BCUT2D eigenvalue weighted by Gasteiger charge is -2.09. The summed E-state index contributed by atoms with van der Waals surface area (Å²) in [5, 5.41) is 7.97. The van der Waals surface area contributed by atoms with Crippen molar-refractivity contribution in [3.8, 4) is 28.7 Å². The third-order valence-electron chi connectivity index (χ3n) is 4.02. The molecule has 0 aliphatic carbocycles. The highest BCUT2D eigenvalue weighted by Crippen LogP contribution is 2.33. The molecule has 0 amide bonds. The Hall–Kier alpha value is -3.55. The van der Waals surface area contributed by atoms with E-state index in [1.54, 1.807) is 56.5 Å². The van der Waals surface area contributed by atoms with Gasteiger partial charge in [-0.2, -0.15) is 0 Å². The Labute approximate surface area is 154 Å². The first-order valence-electron chi connectivity index (χ1n) is 8.22.